The Labute approximate surface area is 83.3 Å². The van der Waals surface area contributed by atoms with E-state index in [1.54, 1.807) is 0 Å². The molecule has 0 bridgehead atoms. The summed E-state index contributed by atoms with van der Waals surface area (Å²) in [5.41, 5.74) is 0. The summed E-state index contributed by atoms with van der Waals surface area (Å²) in [5.74, 6) is 1.88. The maximum Gasteiger partial charge on any atom is 0.00696 e. The SMILES string of the molecule is CC(C)NC1CCC(C(C)C)CC1. The van der Waals surface area contributed by atoms with Crippen molar-refractivity contribution >= 4 is 0 Å². The highest BCUT2D eigenvalue weighted by Crippen LogP contribution is 2.29. The predicted molar refractivity (Wildman–Crippen MR) is 58.9 cm³/mol. The van der Waals surface area contributed by atoms with Crippen LogP contribution in [0.3, 0.4) is 0 Å². The van der Waals surface area contributed by atoms with Gasteiger partial charge in [-0.05, 0) is 37.5 Å². The van der Waals surface area contributed by atoms with E-state index >= 15 is 0 Å². The molecule has 1 fully saturated rings. The van der Waals surface area contributed by atoms with Crippen LogP contribution in [-0.2, 0) is 0 Å². The predicted octanol–water partition coefficient (Wildman–Crippen LogP) is 3.20. The zero-order chi connectivity index (χ0) is 9.84. The fourth-order valence-corrected chi connectivity index (χ4v) is 2.42. The summed E-state index contributed by atoms with van der Waals surface area (Å²) in [6.45, 7) is 9.21. The summed E-state index contributed by atoms with van der Waals surface area (Å²) in [4.78, 5) is 0. The fourth-order valence-electron chi connectivity index (χ4n) is 2.42. The fraction of sp³-hybridized carbons (Fsp3) is 1.00. The smallest absolute Gasteiger partial charge is 0.00696 e. The minimum absolute atomic E-state index is 0.653. The van der Waals surface area contributed by atoms with Crippen molar-refractivity contribution < 1.29 is 0 Å². The summed E-state index contributed by atoms with van der Waals surface area (Å²) in [6, 6.07) is 1.45. The first-order valence-corrected chi connectivity index (χ1v) is 5.85. The molecule has 1 rings (SSSR count). The number of nitrogens with one attached hydrogen (secondary N) is 1. The molecule has 0 unspecified atom stereocenters. The van der Waals surface area contributed by atoms with Crippen molar-refractivity contribution in [3.63, 3.8) is 0 Å². The molecule has 1 N–H and O–H groups in total. The largest absolute Gasteiger partial charge is 0.312 e. The van der Waals surface area contributed by atoms with Crippen LogP contribution in [0, 0.1) is 11.8 Å². The molecule has 1 heteroatoms. The topological polar surface area (TPSA) is 12.0 Å². The van der Waals surface area contributed by atoms with Crippen molar-refractivity contribution in [2.45, 2.75) is 65.5 Å². The summed E-state index contributed by atoms with van der Waals surface area (Å²) in [5, 5.41) is 3.64. The lowest BCUT2D eigenvalue weighted by molar-refractivity contribution is 0.232. The maximum absolute atomic E-state index is 3.64. The van der Waals surface area contributed by atoms with Crippen molar-refractivity contribution in [2.75, 3.05) is 0 Å². The monoisotopic (exact) mass is 183 g/mol. The third-order valence-corrected chi connectivity index (χ3v) is 3.28. The van der Waals surface area contributed by atoms with Gasteiger partial charge in [0.25, 0.3) is 0 Å². The second-order valence-corrected chi connectivity index (χ2v) is 5.18. The Bertz CT molecular complexity index is 132. The quantitative estimate of drug-likeness (QED) is 0.708. The van der Waals surface area contributed by atoms with Gasteiger partial charge in [0.1, 0.15) is 0 Å². The van der Waals surface area contributed by atoms with E-state index < -0.39 is 0 Å². The number of rotatable bonds is 3. The maximum atomic E-state index is 3.64. The Kier molecular flexibility index (Phi) is 4.24. The van der Waals surface area contributed by atoms with Gasteiger partial charge in [-0.25, -0.2) is 0 Å². The van der Waals surface area contributed by atoms with Gasteiger partial charge in [0, 0.05) is 12.1 Å². The van der Waals surface area contributed by atoms with Crippen molar-refractivity contribution in [3.05, 3.63) is 0 Å². The molecule has 13 heavy (non-hydrogen) atoms. The van der Waals surface area contributed by atoms with Crippen molar-refractivity contribution in [1.29, 1.82) is 0 Å². The summed E-state index contributed by atoms with van der Waals surface area (Å²) in [7, 11) is 0. The second-order valence-electron chi connectivity index (χ2n) is 5.18. The van der Waals surface area contributed by atoms with E-state index in [1.165, 1.54) is 25.7 Å². The first-order valence-electron chi connectivity index (χ1n) is 5.85. The summed E-state index contributed by atoms with van der Waals surface area (Å²) >= 11 is 0. The van der Waals surface area contributed by atoms with E-state index in [1.807, 2.05) is 0 Å². The van der Waals surface area contributed by atoms with E-state index in [0.717, 1.165) is 17.9 Å². The van der Waals surface area contributed by atoms with Gasteiger partial charge < -0.3 is 5.32 Å². The number of hydrogen-bond acceptors (Lipinski definition) is 1. The Balaban J connectivity index is 2.22. The molecule has 0 radical (unpaired) electrons. The van der Waals surface area contributed by atoms with Crippen LogP contribution in [0.25, 0.3) is 0 Å². The summed E-state index contributed by atoms with van der Waals surface area (Å²) in [6.07, 6.45) is 5.64. The van der Waals surface area contributed by atoms with Gasteiger partial charge in [-0.15, -0.1) is 0 Å². The average molecular weight is 183 g/mol. The molecule has 0 aromatic carbocycles. The highest BCUT2D eigenvalue weighted by molar-refractivity contribution is 4.79. The van der Waals surface area contributed by atoms with Crippen LogP contribution in [0.5, 0.6) is 0 Å². The normalized spacial score (nSPS) is 30.0. The van der Waals surface area contributed by atoms with E-state index in [-0.39, 0.29) is 0 Å². The molecule has 1 aliphatic carbocycles. The van der Waals surface area contributed by atoms with Crippen molar-refractivity contribution in [1.82, 2.24) is 5.32 Å². The van der Waals surface area contributed by atoms with Gasteiger partial charge in [0.2, 0.25) is 0 Å². The Morgan fingerprint density at radius 2 is 1.46 bits per heavy atom. The minimum Gasteiger partial charge on any atom is -0.312 e. The Hall–Kier alpha value is -0.0400. The third kappa shape index (κ3) is 3.68. The molecule has 0 aliphatic heterocycles. The molecule has 0 aromatic rings. The van der Waals surface area contributed by atoms with Crippen LogP contribution in [0.2, 0.25) is 0 Å². The lowest BCUT2D eigenvalue weighted by atomic mass is 9.79. The third-order valence-electron chi connectivity index (χ3n) is 3.28. The minimum atomic E-state index is 0.653. The van der Waals surface area contributed by atoms with Crippen LogP contribution in [0.4, 0.5) is 0 Å². The molecular formula is C12H25N. The van der Waals surface area contributed by atoms with Gasteiger partial charge in [0.15, 0.2) is 0 Å². The highest BCUT2D eigenvalue weighted by atomic mass is 14.9. The lowest BCUT2D eigenvalue weighted by Crippen LogP contribution is -2.38. The summed E-state index contributed by atoms with van der Waals surface area (Å²) < 4.78 is 0. The highest BCUT2D eigenvalue weighted by Gasteiger charge is 2.22. The molecule has 0 amide bonds. The van der Waals surface area contributed by atoms with Crippen LogP contribution >= 0.6 is 0 Å². The molecule has 1 nitrogen and oxygen atoms in total. The molecule has 1 aliphatic rings. The first kappa shape index (κ1) is 11.0. The molecule has 0 spiro atoms. The average Bonchev–Trinajstić information content (AvgIpc) is 2.04. The number of hydrogen-bond donors (Lipinski definition) is 1. The van der Waals surface area contributed by atoms with Crippen molar-refractivity contribution in [3.8, 4) is 0 Å². The molecule has 78 valence electrons. The van der Waals surface area contributed by atoms with E-state index in [9.17, 15) is 0 Å². The van der Waals surface area contributed by atoms with E-state index in [2.05, 4.69) is 33.0 Å². The van der Waals surface area contributed by atoms with Gasteiger partial charge in [-0.2, -0.15) is 0 Å². The molecule has 0 atom stereocenters. The van der Waals surface area contributed by atoms with Crippen molar-refractivity contribution in [2.24, 2.45) is 11.8 Å². The Morgan fingerprint density at radius 1 is 0.923 bits per heavy atom. The van der Waals surface area contributed by atoms with E-state index in [4.69, 9.17) is 0 Å². The Morgan fingerprint density at radius 3 is 1.85 bits per heavy atom. The van der Waals surface area contributed by atoms with Gasteiger partial charge in [-0.1, -0.05) is 27.7 Å². The molecule has 0 heterocycles. The van der Waals surface area contributed by atoms with Crippen LogP contribution in [0.15, 0.2) is 0 Å². The van der Waals surface area contributed by atoms with Crippen LogP contribution in [0.1, 0.15) is 53.4 Å². The molecule has 0 aromatic heterocycles. The molecule has 1 saturated carbocycles. The zero-order valence-electron chi connectivity index (χ0n) is 9.64. The lowest BCUT2D eigenvalue weighted by Gasteiger charge is -2.32. The van der Waals surface area contributed by atoms with Crippen LogP contribution in [-0.4, -0.2) is 12.1 Å². The standard InChI is InChI=1S/C12H25N/c1-9(2)11-5-7-12(8-6-11)13-10(3)4/h9-13H,5-8H2,1-4H3. The van der Waals surface area contributed by atoms with Gasteiger partial charge in [-0.3, -0.25) is 0 Å². The zero-order valence-corrected chi connectivity index (χ0v) is 9.64. The molecular weight excluding hydrogens is 158 g/mol. The second kappa shape index (κ2) is 4.99. The van der Waals surface area contributed by atoms with Gasteiger partial charge in [0.05, 0.1) is 0 Å². The van der Waals surface area contributed by atoms with Crippen LogP contribution < -0.4 is 5.32 Å². The van der Waals surface area contributed by atoms with E-state index in [0.29, 0.717) is 6.04 Å². The first-order chi connectivity index (χ1) is 6.09. The molecule has 0 saturated heterocycles. The van der Waals surface area contributed by atoms with Gasteiger partial charge >= 0.3 is 0 Å².